The molecule has 1 aliphatic heterocycles. The molecule has 3 rings (SSSR count). The van der Waals surface area contributed by atoms with Crippen molar-refractivity contribution in [2.45, 2.75) is 32.1 Å². The zero-order valence-electron chi connectivity index (χ0n) is 14.6. The maximum absolute atomic E-state index is 14.1. The van der Waals surface area contributed by atoms with Gasteiger partial charge >= 0.3 is 0 Å². The summed E-state index contributed by atoms with van der Waals surface area (Å²) in [6.45, 7) is 3.40. The Labute approximate surface area is 146 Å². The van der Waals surface area contributed by atoms with Crippen LogP contribution < -0.4 is 10.2 Å². The number of hydrogen-bond donors (Lipinski definition) is 1. The van der Waals surface area contributed by atoms with Crippen LogP contribution in [0.5, 0.6) is 0 Å². The molecule has 1 aliphatic rings. The lowest BCUT2D eigenvalue weighted by Crippen LogP contribution is -2.35. The first-order valence-corrected chi connectivity index (χ1v) is 8.26. The van der Waals surface area contributed by atoms with Crippen LogP contribution in [-0.2, 0) is 21.4 Å². The van der Waals surface area contributed by atoms with Crippen molar-refractivity contribution in [3.8, 4) is 0 Å². The average molecular weight is 340 g/mol. The van der Waals surface area contributed by atoms with Crippen LogP contribution >= 0.6 is 0 Å². The largest absolute Gasteiger partial charge is 0.325 e. The number of nitrogens with zero attached hydrogens (tertiary/aromatic N) is 1. The van der Waals surface area contributed by atoms with Gasteiger partial charge in [-0.15, -0.1) is 0 Å². The van der Waals surface area contributed by atoms with E-state index in [9.17, 15) is 14.0 Å². The predicted octanol–water partition coefficient (Wildman–Crippen LogP) is 3.65. The maximum Gasteiger partial charge on any atom is 0.234 e. The van der Waals surface area contributed by atoms with E-state index in [1.54, 1.807) is 50.1 Å². The van der Waals surface area contributed by atoms with Crippen LogP contribution in [0, 0.1) is 5.82 Å². The van der Waals surface area contributed by atoms with Gasteiger partial charge in [0.2, 0.25) is 11.8 Å². The molecule has 2 aromatic carbocycles. The molecular weight excluding hydrogens is 319 g/mol. The second-order valence-corrected chi connectivity index (χ2v) is 6.86. The third-order valence-electron chi connectivity index (χ3n) is 4.80. The number of fused-ring (bicyclic) bond motifs is 1. The minimum atomic E-state index is -1.01. The number of carbonyl (C=O) groups is 2. The van der Waals surface area contributed by atoms with E-state index >= 15 is 0 Å². The second-order valence-electron chi connectivity index (χ2n) is 6.86. The van der Waals surface area contributed by atoms with Crippen molar-refractivity contribution >= 4 is 23.2 Å². The number of nitrogens with one attached hydrogen (secondary N) is 1. The minimum absolute atomic E-state index is 0.0879. The van der Waals surface area contributed by atoms with Crippen molar-refractivity contribution in [3.05, 3.63) is 59.4 Å². The zero-order valence-corrected chi connectivity index (χ0v) is 14.6. The van der Waals surface area contributed by atoms with Gasteiger partial charge in [0.05, 0.1) is 5.41 Å². The Morgan fingerprint density at radius 2 is 1.88 bits per heavy atom. The van der Waals surface area contributed by atoms with E-state index < -0.39 is 11.2 Å². The summed E-state index contributed by atoms with van der Waals surface area (Å²) >= 11 is 0. The van der Waals surface area contributed by atoms with E-state index in [-0.39, 0.29) is 11.8 Å². The highest BCUT2D eigenvalue weighted by Crippen LogP contribution is 2.31. The van der Waals surface area contributed by atoms with E-state index in [1.807, 2.05) is 12.1 Å². The summed E-state index contributed by atoms with van der Waals surface area (Å²) in [5, 5.41) is 2.88. The zero-order chi connectivity index (χ0) is 18.2. The lowest BCUT2D eigenvalue weighted by atomic mass is 9.83. The van der Waals surface area contributed by atoms with E-state index in [0.29, 0.717) is 24.1 Å². The smallest absolute Gasteiger partial charge is 0.234 e. The fourth-order valence-corrected chi connectivity index (χ4v) is 3.11. The molecule has 1 N–H and O–H groups in total. The molecule has 0 bridgehead atoms. The topological polar surface area (TPSA) is 49.4 Å². The summed E-state index contributed by atoms with van der Waals surface area (Å²) in [5.74, 6) is -0.587. The van der Waals surface area contributed by atoms with E-state index in [0.717, 1.165) is 11.3 Å². The van der Waals surface area contributed by atoms with E-state index in [2.05, 4.69) is 5.32 Å². The number of anilines is 2. The fraction of sp³-hybridized carbons (Fsp3) is 0.300. The minimum Gasteiger partial charge on any atom is -0.325 e. The fourth-order valence-electron chi connectivity index (χ4n) is 3.11. The molecule has 0 spiro atoms. The van der Waals surface area contributed by atoms with Crippen LogP contribution in [-0.4, -0.2) is 18.9 Å². The summed E-state index contributed by atoms with van der Waals surface area (Å²) in [4.78, 5) is 26.1. The van der Waals surface area contributed by atoms with Gasteiger partial charge in [0, 0.05) is 30.4 Å². The van der Waals surface area contributed by atoms with Gasteiger partial charge in [-0.25, -0.2) is 4.39 Å². The Bertz CT molecular complexity index is 845. The SMILES string of the molecule is CN1C(=O)CCc2cc(NC(=O)C(C)(C)c3ccccc3F)ccc21. The Kier molecular flexibility index (Phi) is 4.33. The number of benzene rings is 2. The van der Waals surface area contributed by atoms with Gasteiger partial charge in [0.1, 0.15) is 5.82 Å². The van der Waals surface area contributed by atoms with Gasteiger partial charge < -0.3 is 10.2 Å². The number of amides is 2. The number of rotatable bonds is 3. The molecule has 5 heteroatoms. The van der Waals surface area contributed by atoms with Gasteiger partial charge in [-0.05, 0) is 50.1 Å². The molecule has 0 radical (unpaired) electrons. The van der Waals surface area contributed by atoms with Crippen LogP contribution in [0.25, 0.3) is 0 Å². The molecule has 0 saturated heterocycles. The second kappa shape index (κ2) is 6.31. The molecule has 0 unspecified atom stereocenters. The lowest BCUT2D eigenvalue weighted by molar-refractivity contribution is -0.120. The lowest BCUT2D eigenvalue weighted by Gasteiger charge is -2.27. The first-order chi connectivity index (χ1) is 11.8. The molecule has 0 aliphatic carbocycles. The number of halogens is 1. The Morgan fingerprint density at radius 3 is 2.60 bits per heavy atom. The third kappa shape index (κ3) is 3.14. The molecule has 1 heterocycles. The van der Waals surface area contributed by atoms with Crippen molar-refractivity contribution in [3.63, 3.8) is 0 Å². The van der Waals surface area contributed by atoms with Crippen molar-refractivity contribution < 1.29 is 14.0 Å². The van der Waals surface area contributed by atoms with Crippen molar-refractivity contribution in [2.75, 3.05) is 17.3 Å². The summed E-state index contributed by atoms with van der Waals surface area (Å²) < 4.78 is 14.1. The molecule has 2 amide bonds. The summed E-state index contributed by atoms with van der Waals surface area (Å²) in [6.07, 6.45) is 1.11. The first-order valence-electron chi connectivity index (χ1n) is 8.26. The molecule has 130 valence electrons. The van der Waals surface area contributed by atoms with Crippen molar-refractivity contribution in [2.24, 2.45) is 0 Å². The standard InChI is InChI=1S/C20H21FN2O2/c1-20(2,15-6-4-5-7-16(15)21)19(25)22-14-9-10-17-13(12-14)8-11-18(24)23(17)3/h4-7,9-10,12H,8,11H2,1-3H3,(H,22,25). The van der Waals surface area contributed by atoms with E-state index in [4.69, 9.17) is 0 Å². The maximum atomic E-state index is 14.1. The van der Waals surface area contributed by atoms with Gasteiger partial charge in [0.25, 0.3) is 0 Å². The van der Waals surface area contributed by atoms with Crippen LogP contribution in [0.1, 0.15) is 31.4 Å². The number of aryl methyl sites for hydroxylation is 1. The molecule has 4 nitrogen and oxygen atoms in total. The van der Waals surface area contributed by atoms with Gasteiger partial charge in [-0.3, -0.25) is 9.59 Å². The molecule has 0 atom stereocenters. The third-order valence-corrected chi connectivity index (χ3v) is 4.80. The Hall–Kier alpha value is -2.69. The van der Waals surface area contributed by atoms with Crippen molar-refractivity contribution in [1.82, 2.24) is 0 Å². The highest BCUT2D eigenvalue weighted by atomic mass is 19.1. The van der Waals surface area contributed by atoms with Crippen LogP contribution in [0.15, 0.2) is 42.5 Å². The van der Waals surface area contributed by atoms with E-state index in [1.165, 1.54) is 6.07 Å². The van der Waals surface area contributed by atoms with Crippen LogP contribution in [0.4, 0.5) is 15.8 Å². The Morgan fingerprint density at radius 1 is 1.16 bits per heavy atom. The van der Waals surface area contributed by atoms with Crippen LogP contribution in [0.3, 0.4) is 0 Å². The number of hydrogen-bond acceptors (Lipinski definition) is 2. The molecule has 25 heavy (non-hydrogen) atoms. The molecule has 0 aromatic heterocycles. The normalized spacial score (nSPS) is 14.2. The summed E-state index contributed by atoms with van der Waals surface area (Å²) in [6, 6.07) is 11.8. The van der Waals surface area contributed by atoms with Gasteiger partial charge in [0.15, 0.2) is 0 Å². The summed E-state index contributed by atoms with van der Waals surface area (Å²) in [7, 11) is 1.75. The average Bonchev–Trinajstić information content (AvgIpc) is 2.58. The molecular formula is C20H21FN2O2. The van der Waals surface area contributed by atoms with Crippen LogP contribution in [0.2, 0.25) is 0 Å². The molecule has 2 aromatic rings. The molecule has 0 saturated carbocycles. The van der Waals surface area contributed by atoms with Gasteiger partial charge in [-0.1, -0.05) is 18.2 Å². The van der Waals surface area contributed by atoms with Gasteiger partial charge in [-0.2, -0.15) is 0 Å². The highest BCUT2D eigenvalue weighted by molar-refractivity contribution is 6.00. The predicted molar refractivity (Wildman–Crippen MR) is 96.2 cm³/mol. The first kappa shape index (κ1) is 17.1. The Balaban J connectivity index is 1.84. The number of carbonyl (C=O) groups excluding carboxylic acids is 2. The molecule has 0 fully saturated rings. The van der Waals surface area contributed by atoms with Crippen molar-refractivity contribution in [1.29, 1.82) is 0 Å². The monoisotopic (exact) mass is 340 g/mol. The highest BCUT2D eigenvalue weighted by Gasteiger charge is 2.32. The summed E-state index contributed by atoms with van der Waals surface area (Å²) in [5.41, 5.74) is 1.88. The quantitative estimate of drug-likeness (QED) is 0.927.